The summed E-state index contributed by atoms with van der Waals surface area (Å²) < 4.78 is 23.2. The van der Waals surface area contributed by atoms with E-state index in [1.54, 1.807) is 30.3 Å². The summed E-state index contributed by atoms with van der Waals surface area (Å²) in [6, 6.07) is 1.52. The lowest BCUT2D eigenvalue weighted by Gasteiger charge is -2.29. The van der Waals surface area contributed by atoms with Crippen LogP contribution in [0.25, 0.3) is 0 Å². The normalized spacial score (nSPS) is 21.9. The number of carbonyl (C=O) groups is 1. The number of thioether (sulfide) groups is 1. The zero-order chi connectivity index (χ0) is 15.5. The number of hydrogen-bond acceptors (Lipinski definition) is 6. The molecule has 1 saturated heterocycles. The minimum absolute atomic E-state index is 0.0583. The summed E-state index contributed by atoms with van der Waals surface area (Å²) in [5.74, 6) is 0.188. The summed E-state index contributed by atoms with van der Waals surface area (Å²) in [7, 11) is -2.99. The van der Waals surface area contributed by atoms with Gasteiger partial charge in [-0.2, -0.15) is 0 Å². The molecule has 8 heteroatoms. The van der Waals surface area contributed by atoms with Crippen LogP contribution >= 0.6 is 11.8 Å². The highest BCUT2D eigenvalue weighted by molar-refractivity contribution is 8.00. The maximum absolute atomic E-state index is 12.5. The molecule has 0 bridgehead atoms. The Balaban J connectivity index is 2.03. The predicted octanol–water partition coefficient (Wildman–Crippen LogP) is 0.993. The second-order valence-electron chi connectivity index (χ2n) is 4.97. The molecule has 0 spiro atoms. The third kappa shape index (κ3) is 4.16. The zero-order valence-electron chi connectivity index (χ0n) is 12.1. The smallest absolute Gasteiger partial charge is 0.236 e. The van der Waals surface area contributed by atoms with Crippen molar-refractivity contribution in [3.63, 3.8) is 0 Å². The van der Waals surface area contributed by atoms with Gasteiger partial charge >= 0.3 is 0 Å². The van der Waals surface area contributed by atoms with Gasteiger partial charge in [-0.25, -0.2) is 18.4 Å². The van der Waals surface area contributed by atoms with Crippen LogP contribution in [0.2, 0.25) is 0 Å². The lowest BCUT2D eigenvalue weighted by atomic mass is 10.2. The van der Waals surface area contributed by atoms with Gasteiger partial charge in [0.15, 0.2) is 15.0 Å². The van der Waals surface area contributed by atoms with E-state index in [-0.39, 0.29) is 28.7 Å². The van der Waals surface area contributed by atoms with Gasteiger partial charge in [0.1, 0.15) is 0 Å². The fraction of sp³-hybridized carbons (Fsp3) is 0.615. The molecule has 2 heterocycles. The Morgan fingerprint density at radius 2 is 2.14 bits per heavy atom. The second kappa shape index (κ2) is 6.74. The van der Waals surface area contributed by atoms with Crippen LogP contribution in [-0.2, 0) is 14.6 Å². The molecule has 6 nitrogen and oxygen atoms in total. The highest BCUT2D eigenvalue weighted by Crippen LogP contribution is 2.24. The number of hydrogen-bond donors (Lipinski definition) is 0. The van der Waals surface area contributed by atoms with Crippen LogP contribution in [0.5, 0.6) is 0 Å². The molecule has 0 radical (unpaired) electrons. The molecule has 1 aromatic heterocycles. The molecule has 116 valence electrons. The number of carbonyl (C=O) groups excluding carboxylic acids is 1. The van der Waals surface area contributed by atoms with Crippen molar-refractivity contribution in [2.45, 2.75) is 36.7 Å². The highest BCUT2D eigenvalue weighted by atomic mass is 32.2. The summed E-state index contributed by atoms with van der Waals surface area (Å²) in [5, 5.41) is 0.212. The van der Waals surface area contributed by atoms with Crippen molar-refractivity contribution in [3.8, 4) is 0 Å². The molecule has 1 aliphatic heterocycles. The van der Waals surface area contributed by atoms with Gasteiger partial charge in [-0.05, 0) is 26.3 Å². The second-order valence-corrected chi connectivity index (χ2v) is 8.51. The third-order valence-corrected chi connectivity index (χ3v) is 6.17. The Kier molecular flexibility index (Phi) is 5.21. The standard InChI is InChI=1S/C13H19N3O3S2/c1-3-16(11-5-8-21(18,19)9-11)12(17)10(2)20-13-14-6-4-7-15-13/h4,6-7,10-11H,3,5,8-9H2,1-2H3/t10-,11-/m0/s1. The van der Waals surface area contributed by atoms with Crippen LogP contribution in [0.3, 0.4) is 0 Å². The van der Waals surface area contributed by atoms with Gasteiger partial charge in [0, 0.05) is 25.0 Å². The fourth-order valence-corrected chi connectivity index (χ4v) is 4.93. The first-order valence-corrected chi connectivity index (χ1v) is 9.57. The van der Waals surface area contributed by atoms with Crippen molar-refractivity contribution in [2.75, 3.05) is 18.1 Å². The first-order chi connectivity index (χ1) is 9.93. The maximum Gasteiger partial charge on any atom is 0.236 e. The van der Waals surface area contributed by atoms with Gasteiger partial charge in [-0.15, -0.1) is 0 Å². The molecular weight excluding hydrogens is 310 g/mol. The third-order valence-electron chi connectivity index (χ3n) is 3.44. The van der Waals surface area contributed by atoms with E-state index in [9.17, 15) is 13.2 Å². The average molecular weight is 329 g/mol. The predicted molar refractivity (Wildman–Crippen MR) is 81.8 cm³/mol. The summed E-state index contributed by atoms with van der Waals surface area (Å²) in [6.45, 7) is 4.19. The van der Waals surface area contributed by atoms with Gasteiger partial charge in [-0.1, -0.05) is 11.8 Å². The van der Waals surface area contributed by atoms with Crippen LogP contribution < -0.4 is 0 Å². The molecule has 0 aliphatic carbocycles. The number of aromatic nitrogens is 2. The van der Waals surface area contributed by atoms with Crippen molar-refractivity contribution in [1.29, 1.82) is 0 Å². The summed E-state index contributed by atoms with van der Waals surface area (Å²) in [5.41, 5.74) is 0. The van der Waals surface area contributed by atoms with E-state index >= 15 is 0 Å². The van der Waals surface area contributed by atoms with E-state index in [2.05, 4.69) is 9.97 Å². The Labute approximate surface area is 129 Å². The molecule has 0 N–H and O–H groups in total. The number of sulfone groups is 1. The van der Waals surface area contributed by atoms with Crippen LogP contribution in [0.4, 0.5) is 0 Å². The molecular formula is C13H19N3O3S2. The Hall–Kier alpha value is -1.15. The molecule has 1 amide bonds. The number of rotatable bonds is 5. The quantitative estimate of drug-likeness (QED) is 0.592. The van der Waals surface area contributed by atoms with Crippen molar-refractivity contribution >= 4 is 27.5 Å². The fourth-order valence-electron chi connectivity index (χ4n) is 2.40. The van der Waals surface area contributed by atoms with Crippen molar-refractivity contribution in [3.05, 3.63) is 18.5 Å². The highest BCUT2D eigenvalue weighted by Gasteiger charge is 2.35. The van der Waals surface area contributed by atoms with E-state index in [1.807, 2.05) is 6.92 Å². The van der Waals surface area contributed by atoms with Crippen molar-refractivity contribution in [2.24, 2.45) is 0 Å². The lowest BCUT2D eigenvalue weighted by Crippen LogP contribution is -2.44. The molecule has 1 aliphatic rings. The summed E-state index contributed by atoms with van der Waals surface area (Å²) in [4.78, 5) is 22.4. The molecule has 21 heavy (non-hydrogen) atoms. The molecule has 0 aromatic carbocycles. The van der Waals surface area contributed by atoms with Gasteiger partial charge in [0.05, 0.1) is 16.8 Å². The summed E-state index contributed by atoms with van der Waals surface area (Å²) >= 11 is 1.29. The first kappa shape index (κ1) is 16.2. The molecule has 1 fully saturated rings. The van der Waals surface area contributed by atoms with Crippen LogP contribution in [0.1, 0.15) is 20.3 Å². The summed E-state index contributed by atoms with van der Waals surface area (Å²) in [6.07, 6.45) is 3.79. The van der Waals surface area contributed by atoms with E-state index in [0.29, 0.717) is 18.1 Å². The SMILES string of the molecule is CCN(C(=O)[C@H](C)Sc1ncccn1)[C@H]1CCS(=O)(=O)C1. The monoisotopic (exact) mass is 329 g/mol. The molecule has 0 unspecified atom stereocenters. The topological polar surface area (TPSA) is 80.2 Å². The molecule has 2 rings (SSSR count). The number of nitrogens with zero attached hydrogens (tertiary/aromatic N) is 3. The molecule has 1 aromatic rings. The molecule has 2 atom stereocenters. The molecule has 0 saturated carbocycles. The van der Waals surface area contributed by atoms with Crippen LogP contribution in [0, 0.1) is 0 Å². The van der Waals surface area contributed by atoms with Gasteiger partial charge in [0.25, 0.3) is 0 Å². The van der Waals surface area contributed by atoms with E-state index < -0.39 is 9.84 Å². The minimum atomic E-state index is -2.99. The zero-order valence-corrected chi connectivity index (χ0v) is 13.7. The number of amides is 1. The Bertz CT molecular complexity index is 592. The largest absolute Gasteiger partial charge is 0.338 e. The Morgan fingerprint density at radius 1 is 1.48 bits per heavy atom. The van der Waals surface area contributed by atoms with Gasteiger partial charge in [0.2, 0.25) is 5.91 Å². The van der Waals surface area contributed by atoms with Crippen LogP contribution in [-0.4, -0.2) is 58.5 Å². The average Bonchev–Trinajstić information content (AvgIpc) is 2.80. The van der Waals surface area contributed by atoms with E-state index in [4.69, 9.17) is 0 Å². The maximum atomic E-state index is 12.5. The Morgan fingerprint density at radius 3 is 2.67 bits per heavy atom. The lowest BCUT2D eigenvalue weighted by molar-refractivity contribution is -0.131. The van der Waals surface area contributed by atoms with Gasteiger partial charge < -0.3 is 4.90 Å². The van der Waals surface area contributed by atoms with Crippen molar-refractivity contribution in [1.82, 2.24) is 14.9 Å². The van der Waals surface area contributed by atoms with Crippen molar-refractivity contribution < 1.29 is 13.2 Å². The first-order valence-electron chi connectivity index (χ1n) is 6.87. The minimum Gasteiger partial charge on any atom is -0.338 e. The van der Waals surface area contributed by atoms with Crippen LogP contribution in [0.15, 0.2) is 23.6 Å². The van der Waals surface area contributed by atoms with E-state index in [0.717, 1.165) is 0 Å². The van der Waals surface area contributed by atoms with Gasteiger partial charge in [-0.3, -0.25) is 4.79 Å². The van der Waals surface area contributed by atoms with E-state index in [1.165, 1.54) is 11.8 Å².